The van der Waals surface area contributed by atoms with Crippen molar-refractivity contribution in [3.63, 3.8) is 0 Å². The zero-order valence-electron chi connectivity index (χ0n) is 14.4. The molecule has 4 rings (SSSR count). The van der Waals surface area contributed by atoms with Gasteiger partial charge in [0.1, 0.15) is 16.2 Å². The van der Waals surface area contributed by atoms with Gasteiger partial charge < -0.3 is 4.74 Å². The molecule has 0 bridgehead atoms. The first-order valence-electron chi connectivity index (χ1n) is 8.59. The average molecular weight is 358 g/mol. The second-order valence-electron chi connectivity index (χ2n) is 7.51. The third kappa shape index (κ3) is 3.28. The lowest BCUT2D eigenvalue weighted by Gasteiger charge is -2.21. The highest BCUT2D eigenvalue weighted by Gasteiger charge is 2.39. The van der Waals surface area contributed by atoms with Crippen molar-refractivity contribution in [2.75, 3.05) is 0 Å². The van der Waals surface area contributed by atoms with Crippen LogP contribution in [0.5, 0.6) is 5.75 Å². The maximum Gasteiger partial charge on any atom is 0.244 e. The van der Waals surface area contributed by atoms with Gasteiger partial charge in [0.05, 0.1) is 6.04 Å². The molecule has 1 atom stereocenters. The van der Waals surface area contributed by atoms with E-state index in [0.29, 0.717) is 18.1 Å². The molecule has 1 aliphatic heterocycles. The summed E-state index contributed by atoms with van der Waals surface area (Å²) in [6.07, 6.45) is 6.19. The third-order valence-corrected chi connectivity index (χ3v) is 6.23. The highest BCUT2D eigenvalue weighted by atomic mass is 32.2. The summed E-state index contributed by atoms with van der Waals surface area (Å²) in [5, 5.41) is 0. The van der Waals surface area contributed by atoms with E-state index in [4.69, 9.17) is 4.74 Å². The van der Waals surface area contributed by atoms with Crippen molar-refractivity contribution in [2.24, 2.45) is 5.92 Å². The number of benzene rings is 1. The van der Waals surface area contributed by atoms with Crippen LogP contribution in [0.3, 0.4) is 0 Å². The lowest BCUT2D eigenvalue weighted by molar-refractivity contribution is 0.135. The Bertz CT molecular complexity index is 890. The molecule has 25 heavy (non-hydrogen) atoms. The molecule has 0 radical (unpaired) electrons. The molecule has 1 aliphatic carbocycles. The zero-order valence-corrected chi connectivity index (χ0v) is 15.2. The minimum absolute atomic E-state index is 0.227. The number of nitrogens with one attached hydrogen (secondary N) is 1. The Morgan fingerprint density at radius 1 is 1.24 bits per heavy atom. The van der Waals surface area contributed by atoms with E-state index in [2.05, 4.69) is 9.71 Å². The lowest BCUT2D eigenvalue weighted by Crippen LogP contribution is -2.31. The summed E-state index contributed by atoms with van der Waals surface area (Å²) in [5.74, 6) is 0.814. The molecule has 2 aromatic rings. The van der Waals surface area contributed by atoms with Crippen LogP contribution in [0, 0.1) is 5.92 Å². The number of fused-ring (bicyclic) bond motifs is 1. The molecular weight excluding hydrogens is 336 g/mol. The van der Waals surface area contributed by atoms with Crippen LogP contribution < -0.4 is 9.46 Å². The van der Waals surface area contributed by atoms with Gasteiger partial charge in [-0.3, -0.25) is 4.98 Å². The Morgan fingerprint density at radius 3 is 2.72 bits per heavy atom. The number of nitrogens with zero attached hydrogens (tertiary/aromatic N) is 1. The maximum absolute atomic E-state index is 13.1. The van der Waals surface area contributed by atoms with Crippen molar-refractivity contribution >= 4 is 10.0 Å². The molecular formula is C19H22N2O3S. The first-order valence-corrected chi connectivity index (χ1v) is 10.1. The molecule has 2 aliphatic rings. The number of ether oxygens (including phenoxy) is 1. The molecule has 1 saturated carbocycles. The van der Waals surface area contributed by atoms with Crippen molar-refractivity contribution < 1.29 is 13.2 Å². The Morgan fingerprint density at radius 2 is 2.04 bits per heavy atom. The largest absolute Gasteiger partial charge is 0.486 e. The molecule has 1 aromatic carbocycles. The quantitative estimate of drug-likeness (QED) is 0.891. The molecule has 1 aromatic heterocycles. The molecule has 0 spiro atoms. The summed E-state index contributed by atoms with van der Waals surface area (Å²) in [6.45, 7) is 3.94. The molecule has 132 valence electrons. The zero-order chi connectivity index (χ0) is 17.7. The standard InChI is InChI=1S/C19H22N2O3S/c1-19(2)11-14-5-3-7-16(18(14)24-19)25(22,23)21-17(13-8-9-13)15-6-4-10-20-12-15/h3-7,10,12-13,17,21H,8-9,11H2,1-2H3. The third-order valence-electron chi connectivity index (χ3n) is 4.76. The van der Waals surface area contributed by atoms with Gasteiger partial charge in [-0.05, 0) is 55.9 Å². The van der Waals surface area contributed by atoms with Crippen molar-refractivity contribution in [1.29, 1.82) is 0 Å². The van der Waals surface area contributed by atoms with Crippen molar-refractivity contribution in [3.8, 4) is 5.75 Å². The van der Waals surface area contributed by atoms with E-state index >= 15 is 0 Å². The second kappa shape index (κ2) is 5.81. The average Bonchev–Trinajstić information content (AvgIpc) is 3.34. The van der Waals surface area contributed by atoms with Crippen molar-refractivity contribution in [3.05, 3.63) is 53.9 Å². The van der Waals surface area contributed by atoms with E-state index in [1.54, 1.807) is 24.5 Å². The molecule has 1 unspecified atom stereocenters. The minimum Gasteiger partial charge on any atom is -0.486 e. The van der Waals surface area contributed by atoms with Gasteiger partial charge in [-0.1, -0.05) is 18.2 Å². The van der Waals surface area contributed by atoms with E-state index in [-0.39, 0.29) is 16.5 Å². The van der Waals surface area contributed by atoms with Crippen molar-refractivity contribution in [2.45, 2.75) is 49.6 Å². The minimum atomic E-state index is -3.69. The highest BCUT2D eigenvalue weighted by Crippen LogP contribution is 2.43. The molecule has 1 fully saturated rings. The van der Waals surface area contributed by atoms with Gasteiger partial charge in [-0.2, -0.15) is 0 Å². The Balaban J connectivity index is 1.68. The van der Waals surface area contributed by atoms with Crippen LogP contribution in [-0.2, 0) is 16.4 Å². The number of aromatic nitrogens is 1. The van der Waals surface area contributed by atoms with Gasteiger partial charge in [0.25, 0.3) is 0 Å². The monoisotopic (exact) mass is 358 g/mol. The smallest absolute Gasteiger partial charge is 0.244 e. The molecule has 0 amide bonds. The number of sulfonamides is 1. The summed E-state index contributed by atoms with van der Waals surface area (Å²) in [4.78, 5) is 4.36. The first-order chi connectivity index (χ1) is 11.9. The van der Waals surface area contributed by atoms with Gasteiger partial charge in [0.2, 0.25) is 10.0 Å². The van der Waals surface area contributed by atoms with Gasteiger partial charge in [0, 0.05) is 18.8 Å². The fraction of sp³-hybridized carbons (Fsp3) is 0.421. The normalized spacial score (nSPS) is 19.9. The number of hydrogen-bond acceptors (Lipinski definition) is 4. The Hall–Kier alpha value is -1.92. The Labute approximate surface area is 148 Å². The van der Waals surface area contributed by atoms with E-state index in [1.165, 1.54) is 0 Å². The van der Waals surface area contributed by atoms with Crippen LogP contribution >= 0.6 is 0 Å². The SMILES string of the molecule is CC1(C)Cc2cccc(S(=O)(=O)NC(c3cccnc3)C3CC3)c2O1. The predicted molar refractivity (Wildman–Crippen MR) is 94.9 cm³/mol. The van der Waals surface area contributed by atoms with E-state index < -0.39 is 10.0 Å². The second-order valence-corrected chi connectivity index (χ2v) is 9.19. The van der Waals surface area contributed by atoms with Crippen LogP contribution in [0.2, 0.25) is 0 Å². The number of para-hydroxylation sites is 1. The summed E-state index contributed by atoms with van der Waals surface area (Å²) in [7, 11) is -3.69. The van der Waals surface area contributed by atoms with E-state index in [1.807, 2.05) is 32.0 Å². The van der Waals surface area contributed by atoms with Crippen LogP contribution in [-0.4, -0.2) is 19.0 Å². The Kier molecular flexibility index (Phi) is 3.85. The number of hydrogen-bond donors (Lipinski definition) is 1. The van der Waals surface area contributed by atoms with Crippen LogP contribution in [0.4, 0.5) is 0 Å². The van der Waals surface area contributed by atoms with Gasteiger partial charge in [-0.25, -0.2) is 13.1 Å². The summed E-state index contributed by atoms with van der Waals surface area (Å²) in [5.41, 5.74) is 1.47. The fourth-order valence-corrected chi connectivity index (χ4v) is 4.92. The van der Waals surface area contributed by atoms with E-state index in [0.717, 1.165) is 24.0 Å². The molecule has 6 heteroatoms. The predicted octanol–water partition coefficient (Wildman–Crippen LogP) is 3.22. The topological polar surface area (TPSA) is 68.3 Å². The first kappa shape index (κ1) is 16.5. The van der Waals surface area contributed by atoms with Crippen LogP contribution in [0.15, 0.2) is 47.6 Å². The number of rotatable bonds is 5. The van der Waals surface area contributed by atoms with Gasteiger partial charge in [0.15, 0.2) is 0 Å². The summed E-state index contributed by atoms with van der Waals surface area (Å²) >= 11 is 0. The summed E-state index contributed by atoms with van der Waals surface area (Å²) < 4.78 is 35.1. The highest BCUT2D eigenvalue weighted by molar-refractivity contribution is 7.89. The molecule has 0 saturated heterocycles. The number of pyridine rings is 1. The maximum atomic E-state index is 13.1. The van der Waals surface area contributed by atoms with Crippen molar-refractivity contribution in [1.82, 2.24) is 9.71 Å². The van der Waals surface area contributed by atoms with E-state index in [9.17, 15) is 8.42 Å². The lowest BCUT2D eigenvalue weighted by atomic mass is 10.0. The molecule has 2 heterocycles. The fourth-order valence-electron chi connectivity index (χ4n) is 3.46. The van der Waals surface area contributed by atoms with Gasteiger partial charge in [-0.15, -0.1) is 0 Å². The summed E-state index contributed by atoms with van der Waals surface area (Å²) in [6, 6.07) is 8.86. The van der Waals surface area contributed by atoms with Gasteiger partial charge >= 0.3 is 0 Å². The van der Waals surface area contributed by atoms with Crippen LogP contribution in [0.1, 0.15) is 43.9 Å². The molecule has 5 nitrogen and oxygen atoms in total. The van der Waals surface area contributed by atoms with Crippen LogP contribution in [0.25, 0.3) is 0 Å². The molecule has 1 N–H and O–H groups in total.